The number of rotatable bonds is 3. The molecule has 8 heteroatoms. The van der Waals surface area contributed by atoms with Crippen LogP contribution in [0.4, 0.5) is 14.8 Å². The standard InChI is InChI=1S/C13H7F2N3O2S/c14-7-3-1-4-8(15)10(7)11(19)16-13-18-17-12(20-13)9-5-2-6-21-9/h1-6H,(H,16,18,19). The van der Waals surface area contributed by atoms with Crippen molar-refractivity contribution in [3.8, 4) is 10.8 Å². The molecule has 21 heavy (non-hydrogen) atoms. The summed E-state index contributed by atoms with van der Waals surface area (Å²) in [6.45, 7) is 0. The molecule has 0 aliphatic heterocycles. The Morgan fingerprint density at radius 1 is 1.14 bits per heavy atom. The second kappa shape index (κ2) is 5.41. The highest BCUT2D eigenvalue weighted by atomic mass is 32.1. The molecule has 106 valence electrons. The van der Waals surface area contributed by atoms with Crippen molar-refractivity contribution < 1.29 is 18.0 Å². The zero-order chi connectivity index (χ0) is 14.8. The summed E-state index contributed by atoms with van der Waals surface area (Å²) >= 11 is 1.38. The zero-order valence-electron chi connectivity index (χ0n) is 10.3. The Morgan fingerprint density at radius 2 is 1.90 bits per heavy atom. The maximum absolute atomic E-state index is 13.5. The van der Waals surface area contributed by atoms with Gasteiger partial charge in [-0.1, -0.05) is 17.2 Å². The number of halogens is 2. The van der Waals surface area contributed by atoms with Gasteiger partial charge in [0, 0.05) is 0 Å². The number of aromatic nitrogens is 2. The van der Waals surface area contributed by atoms with Gasteiger partial charge in [0.2, 0.25) is 0 Å². The largest absolute Gasteiger partial charge is 0.402 e. The van der Waals surface area contributed by atoms with E-state index in [4.69, 9.17) is 4.42 Å². The van der Waals surface area contributed by atoms with Gasteiger partial charge in [0.05, 0.1) is 4.88 Å². The summed E-state index contributed by atoms with van der Waals surface area (Å²) in [5.74, 6) is -2.71. The summed E-state index contributed by atoms with van der Waals surface area (Å²) in [5.41, 5.74) is -0.701. The predicted octanol–water partition coefficient (Wildman–Crippen LogP) is 3.33. The van der Waals surface area contributed by atoms with Crippen molar-refractivity contribution in [1.82, 2.24) is 10.2 Å². The van der Waals surface area contributed by atoms with E-state index in [0.717, 1.165) is 17.0 Å². The van der Waals surface area contributed by atoms with Crippen LogP contribution in [0, 0.1) is 11.6 Å². The third-order valence-corrected chi connectivity index (χ3v) is 3.43. The number of thiophene rings is 1. The van der Waals surface area contributed by atoms with E-state index in [1.165, 1.54) is 17.4 Å². The van der Waals surface area contributed by atoms with E-state index in [-0.39, 0.29) is 11.9 Å². The van der Waals surface area contributed by atoms with Gasteiger partial charge < -0.3 is 4.42 Å². The molecule has 0 saturated carbocycles. The van der Waals surface area contributed by atoms with Crippen molar-refractivity contribution in [2.75, 3.05) is 5.32 Å². The molecule has 0 saturated heterocycles. The first-order valence-electron chi connectivity index (χ1n) is 5.78. The van der Waals surface area contributed by atoms with Gasteiger partial charge in [0.25, 0.3) is 11.8 Å². The van der Waals surface area contributed by atoms with E-state index < -0.39 is 23.1 Å². The summed E-state index contributed by atoms with van der Waals surface area (Å²) in [5, 5.41) is 11.3. The Kier molecular flexibility index (Phi) is 3.44. The van der Waals surface area contributed by atoms with Crippen LogP contribution >= 0.6 is 11.3 Å². The zero-order valence-corrected chi connectivity index (χ0v) is 11.2. The Hall–Kier alpha value is -2.61. The first-order chi connectivity index (χ1) is 10.1. The molecule has 0 aliphatic carbocycles. The van der Waals surface area contributed by atoms with Crippen LogP contribution in [-0.2, 0) is 0 Å². The molecule has 0 spiro atoms. The van der Waals surface area contributed by atoms with Crippen LogP contribution < -0.4 is 5.32 Å². The molecular formula is C13H7F2N3O2S. The summed E-state index contributed by atoms with van der Waals surface area (Å²) < 4.78 is 32.1. The third kappa shape index (κ3) is 2.65. The van der Waals surface area contributed by atoms with E-state index in [9.17, 15) is 13.6 Å². The van der Waals surface area contributed by atoms with Gasteiger partial charge >= 0.3 is 6.01 Å². The molecule has 0 unspecified atom stereocenters. The SMILES string of the molecule is O=C(Nc1nnc(-c2cccs2)o1)c1c(F)cccc1F. The van der Waals surface area contributed by atoms with E-state index in [1.54, 1.807) is 12.1 Å². The highest BCUT2D eigenvalue weighted by molar-refractivity contribution is 7.13. The fraction of sp³-hybridized carbons (Fsp3) is 0. The minimum atomic E-state index is -0.994. The third-order valence-electron chi connectivity index (χ3n) is 2.57. The van der Waals surface area contributed by atoms with Crippen LogP contribution in [0.15, 0.2) is 40.1 Å². The number of amides is 1. The molecule has 0 aliphatic rings. The van der Waals surface area contributed by atoms with E-state index in [1.807, 2.05) is 5.38 Å². The fourth-order valence-electron chi connectivity index (χ4n) is 1.65. The number of benzene rings is 1. The van der Waals surface area contributed by atoms with Crippen LogP contribution in [0.3, 0.4) is 0 Å². The van der Waals surface area contributed by atoms with Crippen LogP contribution in [0.25, 0.3) is 10.8 Å². The molecule has 0 bridgehead atoms. The fourth-order valence-corrected chi connectivity index (χ4v) is 2.29. The number of hydrogen-bond acceptors (Lipinski definition) is 5. The highest BCUT2D eigenvalue weighted by Crippen LogP contribution is 2.24. The summed E-state index contributed by atoms with van der Waals surface area (Å²) in [4.78, 5) is 12.6. The monoisotopic (exact) mass is 307 g/mol. The molecule has 0 atom stereocenters. The summed E-state index contributed by atoms with van der Waals surface area (Å²) in [7, 11) is 0. The Bertz CT molecular complexity index is 766. The molecule has 1 amide bonds. The minimum absolute atomic E-state index is 0.217. The van der Waals surface area contributed by atoms with Gasteiger partial charge in [0.1, 0.15) is 17.2 Å². The Morgan fingerprint density at radius 3 is 2.57 bits per heavy atom. The molecule has 2 heterocycles. The average molecular weight is 307 g/mol. The van der Waals surface area contributed by atoms with Gasteiger partial charge in [-0.3, -0.25) is 10.1 Å². The predicted molar refractivity (Wildman–Crippen MR) is 71.9 cm³/mol. The minimum Gasteiger partial charge on any atom is -0.402 e. The topological polar surface area (TPSA) is 68.0 Å². The molecule has 1 aromatic carbocycles. The van der Waals surface area contributed by atoms with Crippen LogP contribution in [-0.4, -0.2) is 16.1 Å². The van der Waals surface area contributed by atoms with Crippen LogP contribution in [0.2, 0.25) is 0 Å². The first kappa shape index (κ1) is 13.4. The lowest BCUT2D eigenvalue weighted by molar-refractivity contribution is 0.101. The molecule has 3 aromatic rings. The smallest absolute Gasteiger partial charge is 0.322 e. The van der Waals surface area contributed by atoms with Crippen molar-refractivity contribution in [2.24, 2.45) is 0 Å². The number of anilines is 1. The van der Waals surface area contributed by atoms with Crippen molar-refractivity contribution in [1.29, 1.82) is 0 Å². The maximum atomic E-state index is 13.5. The molecule has 2 aromatic heterocycles. The number of nitrogens with zero attached hydrogens (tertiary/aromatic N) is 2. The molecule has 0 fully saturated rings. The van der Waals surface area contributed by atoms with E-state index >= 15 is 0 Å². The van der Waals surface area contributed by atoms with Crippen molar-refractivity contribution in [2.45, 2.75) is 0 Å². The summed E-state index contributed by atoms with van der Waals surface area (Å²) in [6, 6.07) is 6.48. The van der Waals surface area contributed by atoms with Gasteiger partial charge in [-0.25, -0.2) is 8.78 Å². The Balaban J connectivity index is 1.82. The highest BCUT2D eigenvalue weighted by Gasteiger charge is 2.19. The van der Waals surface area contributed by atoms with Gasteiger partial charge in [-0.15, -0.1) is 16.4 Å². The maximum Gasteiger partial charge on any atom is 0.322 e. The Labute approximate surface area is 121 Å². The lowest BCUT2D eigenvalue weighted by Crippen LogP contribution is -2.16. The average Bonchev–Trinajstić information content (AvgIpc) is 3.08. The van der Waals surface area contributed by atoms with Gasteiger partial charge in [-0.05, 0) is 23.6 Å². The number of nitrogens with one attached hydrogen (secondary N) is 1. The molecule has 5 nitrogen and oxygen atoms in total. The van der Waals surface area contributed by atoms with Gasteiger partial charge in [0.15, 0.2) is 0 Å². The second-order valence-electron chi connectivity index (χ2n) is 3.94. The molecular weight excluding hydrogens is 300 g/mol. The van der Waals surface area contributed by atoms with E-state index in [0.29, 0.717) is 0 Å². The van der Waals surface area contributed by atoms with E-state index in [2.05, 4.69) is 15.5 Å². The normalized spacial score (nSPS) is 10.6. The van der Waals surface area contributed by atoms with Crippen molar-refractivity contribution >= 4 is 23.3 Å². The van der Waals surface area contributed by atoms with Crippen LogP contribution in [0.5, 0.6) is 0 Å². The molecule has 0 radical (unpaired) electrons. The van der Waals surface area contributed by atoms with Gasteiger partial charge in [-0.2, -0.15) is 0 Å². The number of carbonyl (C=O) groups excluding carboxylic acids is 1. The van der Waals surface area contributed by atoms with Crippen molar-refractivity contribution in [3.05, 3.63) is 52.9 Å². The summed E-state index contributed by atoms with van der Waals surface area (Å²) in [6.07, 6.45) is 0. The lowest BCUT2D eigenvalue weighted by atomic mass is 10.2. The lowest BCUT2D eigenvalue weighted by Gasteiger charge is -2.03. The molecule has 3 rings (SSSR count). The molecule has 1 N–H and O–H groups in total. The quantitative estimate of drug-likeness (QED) is 0.806. The van der Waals surface area contributed by atoms with Crippen molar-refractivity contribution in [3.63, 3.8) is 0 Å². The number of hydrogen-bond donors (Lipinski definition) is 1. The number of carbonyl (C=O) groups is 1. The second-order valence-corrected chi connectivity index (χ2v) is 4.89. The van der Waals surface area contributed by atoms with Crippen LogP contribution in [0.1, 0.15) is 10.4 Å². The first-order valence-corrected chi connectivity index (χ1v) is 6.66.